The number of ether oxygens (including phenoxy) is 1. The van der Waals surface area contributed by atoms with Gasteiger partial charge in [0.1, 0.15) is 5.75 Å². The summed E-state index contributed by atoms with van der Waals surface area (Å²) in [5, 5.41) is 12.3. The van der Waals surface area contributed by atoms with Crippen molar-refractivity contribution in [1.82, 2.24) is 5.32 Å². The van der Waals surface area contributed by atoms with E-state index in [1.54, 1.807) is 12.1 Å². The zero-order valence-corrected chi connectivity index (χ0v) is 12.8. The Morgan fingerprint density at radius 2 is 2.14 bits per heavy atom. The van der Waals surface area contributed by atoms with Gasteiger partial charge in [-0.1, -0.05) is 12.5 Å². The molecule has 0 heterocycles. The first-order valence-corrected chi connectivity index (χ1v) is 7.76. The number of nitrogens with one attached hydrogen (secondary N) is 1. The number of benzene rings is 1. The van der Waals surface area contributed by atoms with Crippen LogP contribution in [0.5, 0.6) is 5.75 Å². The predicted molar refractivity (Wildman–Crippen MR) is 82.5 cm³/mol. The Morgan fingerprint density at radius 3 is 2.86 bits per heavy atom. The molecule has 1 saturated carbocycles. The van der Waals surface area contributed by atoms with E-state index in [1.807, 2.05) is 26.0 Å². The van der Waals surface area contributed by atoms with Gasteiger partial charge in [-0.2, -0.15) is 0 Å². The molecule has 4 nitrogen and oxygen atoms in total. The molecule has 1 aromatic rings. The molecule has 0 saturated heterocycles. The molecule has 0 spiro atoms. The molecular formula is C17H25NO3. The zero-order chi connectivity index (χ0) is 15.2. The predicted octanol–water partition coefficient (Wildman–Crippen LogP) is 2.61. The highest BCUT2D eigenvalue weighted by atomic mass is 16.5. The Hall–Kier alpha value is -1.55. The number of aliphatic hydroxyl groups excluding tert-OH is 1. The molecule has 116 valence electrons. The van der Waals surface area contributed by atoms with Crippen LogP contribution in [0.1, 0.15) is 43.5 Å². The van der Waals surface area contributed by atoms with Crippen LogP contribution < -0.4 is 10.1 Å². The maximum absolute atomic E-state index is 12.2. The van der Waals surface area contributed by atoms with Crippen molar-refractivity contribution in [3.8, 4) is 5.75 Å². The molecule has 1 aliphatic carbocycles. The van der Waals surface area contributed by atoms with E-state index in [-0.39, 0.29) is 18.6 Å². The zero-order valence-electron chi connectivity index (χ0n) is 12.8. The third-order valence-corrected chi connectivity index (χ3v) is 4.04. The molecule has 21 heavy (non-hydrogen) atoms. The van der Waals surface area contributed by atoms with Crippen LogP contribution in [0, 0.1) is 11.8 Å². The average Bonchev–Trinajstić information content (AvgIpc) is 2.91. The molecule has 2 atom stereocenters. The van der Waals surface area contributed by atoms with Crippen molar-refractivity contribution in [1.29, 1.82) is 0 Å². The van der Waals surface area contributed by atoms with E-state index in [4.69, 9.17) is 4.74 Å². The Kier molecular flexibility index (Phi) is 5.62. The quantitative estimate of drug-likeness (QED) is 0.847. The van der Waals surface area contributed by atoms with E-state index >= 15 is 0 Å². The van der Waals surface area contributed by atoms with Gasteiger partial charge in [-0.15, -0.1) is 0 Å². The van der Waals surface area contributed by atoms with Crippen molar-refractivity contribution in [3.05, 3.63) is 29.8 Å². The molecule has 1 amide bonds. The smallest absolute Gasteiger partial charge is 0.251 e. The summed E-state index contributed by atoms with van der Waals surface area (Å²) in [7, 11) is 0. The first-order chi connectivity index (χ1) is 10.1. The molecule has 0 aliphatic heterocycles. The third kappa shape index (κ3) is 4.46. The number of amides is 1. The molecule has 4 heteroatoms. The summed E-state index contributed by atoms with van der Waals surface area (Å²) >= 11 is 0. The van der Waals surface area contributed by atoms with Crippen LogP contribution in [0.2, 0.25) is 0 Å². The highest BCUT2D eigenvalue weighted by Crippen LogP contribution is 2.30. The van der Waals surface area contributed by atoms with Crippen molar-refractivity contribution < 1.29 is 14.6 Å². The lowest BCUT2D eigenvalue weighted by atomic mass is 9.97. The standard InChI is InChI=1S/C17H25NO3/c1-12(2)21-16-8-4-5-13(9-16)17(20)18-10-14-6-3-7-15(14)11-19/h4-5,8-9,12,14-15,19H,3,6-7,10-11H2,1-2H3,(H,18,20). The van der Waals surface area contributed by atoms with Crippen LogP contribution in [0.25, 0.3) is 0 Å². The Bertz CT molecular complexity index is 473. The summed E-state index contributed by atoms with van der Waals surface area (Å²) in [6, 6.07) is 7.25. The Morgan fingerprint density at radius 1 is 1.38 bits per heavy atom. The maximum Gasteiger partial charge on any atom is 0.251 e. The van der Waals surface area contributed by atoms with Crippen LogP contribution in [0.15, 0.2) is 24.3 Å². The van der Waals surface area contributed by atoms with Gasteiger partial charge in [0.05, 0.1) is 6.10 Å². The van der Waals surface area contributed by atoms with Crippen molar-refractivity contribution in [2.45, 2.75) is 39.2 Å². The summed E-state index contributed by atoms with van der Waals surface area (Å²) < 4.78 is 5.60. The normalized spacial score (nSPS) is 21.5. The summed E-state index contributed by atoms with van der Waals surface area (Å²) in [6.07, 6.45) is 3.38. The Balaban J connectivity index is 1.91. The molecule has 1 aliphatic rings. The monoisotopic (exact) mass is 291 g/mol. The molecule has 2 rings (SSSR count). The van der Waals surface area contributed by atoms with Gasteiger partial charge in [-0.3, -0.25) is 4.79 Å². The van der Waals surface area contributed by atoms with Gasteiger partial charge >= 0.3 is 0 Å². The minimum atomic E-state index is -0.0761. The lowest BCUT2D eigenvalue weighted by molar-refractivity contribution is 0.0937. The molecule has 2 unspecified atom stereocenters. The van der Waals surface area contributed by atoms with E-state index < -0.39 is 0 Å². The van der Waals surface area contributed by atoms with Crippen molar-refractivity contribution in [2.75, 3.05) is 13.2 Å². The van der Waals surface area contributed by atoms with Crippen molar-refractivity contribution >= 4 is 5.91 Å². The maximum atomic E-state index is 12.2. The molecule has 0 radical (unpaired) electrons. The van der Waals surface area contributed by atoms with E-state index in [0.717, 1.165) is 19.3 Å². The van der Waals surface area contributed by atoms with Crippen LogP contribution >= 0.6 is 0 Å². The minimum absolute atomic E-state index is 0.0761. The van der Waals surface area contributed by atoms with Gasteiger partial charge < -0.3 is 15.2 Å². The topological polar surface area (TPSA) is 58.6 Å². The molecule has 0 aromatic heterocycles. The lowest BCUT2D eigenvalue weighted by Gasteiger charge is -2.18. The molecule has 1 fully saturated rings. The first-order valence-electron chi connectivity index (χ1n) is 7.76. The molecule has 1 aromatic carbocycles. The number of carbonyl (C=O) groups is 1. The van der Waals surface area contributed by atoms with E-state index in [0.29, 0.717) is 29.7 Å². The van der Waals surface area contributed by atoms with E-state index in [1.165, 1.54) is 0 Å². The van der Waals surface area contributed by atoms with Gasteiger partial charge in [-0.25, -0.2) is 0 Å². The summed E-state index contributed by atoms with van der Waals surface area (Å²) in [4.78, 5) is 12.2. The first kappa shape index (κ1) is 15.8. The summed E-state index contributed by atoms with van der Waals surface area (Å²) in [5.41, 5.74) is 0.617. The Labute approximate surface area is 126 Å². The minimum Gasteiger partial charge on any atom is -0.491 e. The second kappa shape index (κ2) is 7.46. The number of aliphatic hydroxyl groups is 1. The van der Waals surface area contributed by atoms with Crippen molar-refractivity contribution in [2.24, 2.45) is 11.8 Å². The second-order valence-electron chi connectivity index (χ2n) is 6.04. The molecule has 0 bridgehead atoms. The summed E-state index contributed by atoms with van der Waals surface area (Å²) in [6.45, 7) is 4.78. The number of carbonyl (C=O) groups excluding carboxylic acids is 1. The van der Waals surface area contributed by atoms with Crippen LogP contribution in [-0.4, -0.2) is 30.3 Å². The van der Waals surface area contributed by atoms with Crippen LogP contribution in [0.3, 0.4) is 0 Å². The second-order valence-corrected chi connectivity index (χ2v) is 6.04. The van der Waals surface area contributed by atoms with Gasteiger partial charge in [0.25, 0.3) is 5.91 Å². The fourth-order valence-electron chi connectivity index (χ4n) is 2.93. The third-order valence-electron chi connectivity index (χ3n) is 4.04. The van der Waals surface area contributed by atoms with Crippen LogP contribution in [-0.2, 0) is 0 Å². The van der Waals surface area contributed by atoms with Gasteiger partial charge in [0.15, 0.2) is 0 Å². The van der Waals surface area contributed by atoms with E-state index in [9.17, 15) is 9.90 Å². The van der Waals surface area contributed by atoms with Crippen LogP contribution in [0.4, 0.5) is 0 Å². The SMILES string of the molecule is CC(C)Oc1cccc(C(=O)NCC2CCCC2CO)c1. The lowest BCUT2D eigenvalue weighted by Crippen LogP contribution is -2.31. The van der Waals surface area contributed by atoms with Gasteiger partial charge in [-0.05, 0) is 56.7 Å². The van der Waals surface area contributed by atoms with Gasteiger partial charge in [0.2, 0.25) is 0 Å². The molecular weight excluding hydrogens is 266 g/mol. The molecule has 2 N–H and O–H groups in total. The summed E-state index contributed by atoms with van der Waals surface area (Å²) in [5.74, 6) is 1.37. The number of hydrogen-bond acceptors (Lipinski definition) is 3. The highest BCUT2D eigenvalue weighted by molar-refractivity contribution is 5.94. The fourth-order valence-corrected chi connectivity index (χ4v) is 2.93. The largest absolute Gasteiger partial charge is 0.491 e. The fraction of sp³-hybridized carbons (Fsp3) is 0.588. The highest BCUT2D eigenvalue weighted by Gasteiger charge is 2.26. The number of hydrogen-bond donors (Lipinski definition) is 2. The van der Waals surface area contributed by atoms with Gasteiger partial charge in [0, 0.05) is 18.7 Å². The van der Waals surface area contributed by atoms with E-state index in [2.05, 4.69) is 5.32 Å². The number of rotatable bonds is 6. The average molecular weight is 291 g/mol. The van der Waals surface area contributed by atoms with Crippen molar-refractivity contribution in [3.63, 3.8) is 0 Å².